The third-order valence-corrected chi connectivity index (χ3v) is 5.55. The number of aromatic nitrogens is 1. The number of thiazole rings is 1. The molecule has 1 aliphatic heterocycles. The highest BCUT2D eigenvalue weighted by Gasteiger charge is 2.34. The number of piperidine rings is 1. The number of halogens is 4. The summed E-state index contributed by atoms with van der Waals surface area (Å²) in [5.41, 5.74) is 0.588. The summed E-state index contributed by atoms with van der Waals surface area (Å²) in [6, 6.07) is 4.09. The van der Waals surface area contributed by atoms with Gasteiger partial charge in [0.25, 0.3) is 0 Å². The Bertz CT molecular complexity index is 764. The Labute approximate surface area is 179 Å². The molecule has 0 amide bonds. The van der Waals surface area contributed by atoms with Crippen LogP contribution < -0.4 is 15.4 Å². The Hall–Kier alpha value is -1.51. The van der Waals surface area contributed by atoms with Gasteiger partial charge in [0.2, 0.25) is 0 Å². The molecule has 1 unspecified atom stereocenters. The van der Waals surface area contributed by atoms with Crippen molar-refractivity contribution >= 4 is 34.6 Å². The highest BCUT2D eigenvalue weighted by atomic mass is 35.5. The van der Waals surface area contributed by atoms with Gasteiger partial charge in [-0.25, -0.2) is 4.98 Å². The van der Waals surface area contributed by atoms with Crippen LogP contribution in [0.2, 0.25) is 0 Å². The molecule has 2 aromatic rings. The SMILES string of the molecule is CCCCCOc1ccc(Nc2nc(C3CCCNC3)cs2)cc1C(F)(F)F.Cl. The summed E-state index contributed by atoms with van der Waals surface area (Å²) >= 11 is 1.41. The van der Waals surface area contributed by atoms with Gasteiger partial charge in [-0.2, -0.15) is 13.2 Å². The normalized spacial score (nSPS) is 16.9. The molecule has 29 heavy (non-hydrogen) atoms. The highest BCUT2D eigenvalue weighted by molar-refractivity contribution is 7.13. The molecule has 4 nitrogen and oxygen atoms in total. The molecule has 0 aliphatic carbocycles. The third-order valence-electron chi connectivity index (χ3n) is 4.78. The van der Waals surface area contributed by atoms with Gasteiger partial charge in [-0.1, -0.05) is 19.8 Å². The van der Waals surface area contributed by atoms with E-state index in [0.717, 1.165) is 57.0 Å². The first-order chi connectivity index (χ1) is 13.5. The zero-order valence-electron chi connectivity index (χ0n) is 16.3. The minimum absolute atomic E-state index is 0. The van der Waals surface area contributed by atoms with E-state index in [4.69, 9.17) is 4.74 Å². The standard InChI is InChI=1S/C20H26F3N3OS.ClH/c1-2-3-4-10-27-18-8-7-15(11-16(18)20(21,22)23)25-19-26-17(13-28-19)14-6-5-9-24-12-14;/h7-8,11,13-14,24H,2-6,9-10,12H2,1H3,(H,25,26);1H. The minimum Gasteiger partial charge on any atom is -0.493 e. The fraction of sp³-hybridized carbons (Fsp3) is 0.550. The summed E-state index contributed by atoms with van der Waals surface area (Å²) in [4.78, 5) is 4.57. The molecule has 0 saturated carbocycles. The van der Waals surface area contributed by atoms with E-state index in [9.17, 15) is 13.2 Å². The summed E-state index contributed by atoms with van der Waals surface area (Å²) in [5.74, 6) is 0.243. The number of hydrogen-bond acceptors (Lipinski definition) is 5. The van der Waals surface area contributed by atoms with Gasteiger partial charge in [0.15, 0.2) is 5.13 Å². The summed E-state index contributed by atoms with van der Waals surface area (Å²) in [6.45, 7) is 4.25. The zero-order valence-corrected chi connectivity index (χ0v) is 18.0. The van der Waals surface area contributed by atoms with Gasteiger partial charge < -0.3 is 15.4 Å². The number of benzene rings is 1. The van der Waals surface area contributed by atoms with Crippen molar-refractivity contribution in [3.8, 4) is 5.75 Å². The van der Waals surface area contributed by atoms with Crippen LogP contribution in [0, 0.1) is 0 Å². The zero-order chi connectivity index (χ0) is 20.0. The van der Waals surface area contributed by atoms with Gasteiger partial charge >= 0.3 is 6.18 Å². The van der Waals surface area contributed by atoms with Gasteiger partial charge in [-0.3, -0.25) is 0 Å². The number of rotatable bonds is 8. The summed E-state index contributed by atoms with van der Waals surface area (Å²) < 4.78 is 45.8. The van der Waals surface area contributed by atoms with Crippen molar-refractivity contribution in [2.45, 2.75) is 51.1 Å². The van der Waals surface area contributed by atoms with Gasteiger partial charge in [0.1, 0.15) is 5.75 Å². The smallest absolute Gasteiger partial charge is 0.420 e. The molecular formula is C20H27ClF3N3OS. The molecule has 0 radical (unpaired) electrons. The third kappa shape index (κ3) is 6.76. The lowest BCUT2D eigenvalue weighted by Gasteiger charge is -2.20. The lowest BCUT2D eigenvalue weighted by atomic mass is 9.97. The number of unbranched alkanes of at least 4 members (excludes halogenated alkanes) is 2. The molecular weight excluding hydrogens is 423 g/mol. The Morgan fingerprint density at radius 1 is 1.31 bits per heavy atom. The van der Waals surface area contributed by atoms with Crippen molar-refractivity contribution in [2.75, 3.05) is 25.0 Å². The fourth-order valence-electron chi connectivity index (χ4n) is 3.25. The van der Waals surface area contributed by atoms with Crippen LogP contribution in [0.5, 0.6) is 5.75 Å². The van der Waals surface area contributed by atoms with E-state index in [2.05, 4.69) is 15.6 Å². The number of nitrogens with one attached hydrogen (secondary N) is 2. The maximum absolute atomic E-state index is 13.5. The lowest BCUT2D eigenvalue weighted by molar-refractivity contribution is -0.138. The van der Waals surface area contributed by atoms with Gasteiger partial charge in [-0.05, 0) is 44.0 Å². The molecule has 1 atom stereocenters. The molecule has 1 aliphatic rings. The van der Waals surface area contributed by atoms with Crippen molar-refractivity contribution in [1.82, 2.24) is 10.3 Å². The minimum atomic E-state index is -4.47. The number of alkyl halides is 3. The maximum atomic E-state index is 13.5. The lowest BCUT2D eigenvalue weighted by Crippen LogP contribution is -2.28. The van der Waals surface area contributed by atoms with E-state index >= 15 is 0 Å². The average Bonchev–Trinajstić information content (AvgIpc) is 3.14. The molecule has 2 heterocycles. The topological polar surface area (TPSA) is 46.2 Å². The van der Waals surface area contributed by atoms with Crippen molar-refractivity contribution in [1.29, 1.82) is 0 Å². The monoisotopic (exact) mass is 449 g/mol. The summed E-state index contributed by atoms with van der Waals surface area (Å²) in [6.07, 6.45) is 0.387. The molecule has 162 valence electrons. The van der Waals surface area contributed by atoms with Crippen LogP contribution >= 0.6 is 23.7 Å². The van der Waals surface area contributed by atoms with Crippen LogP contribution in [0.25, 0.3) is 0 Å². The van der Waals surface area contributed by atoms with E-state index in [1.165, 1.54) is 17.4 Å². The van der Waals surface area contributed by atoms with Crippen molar-refractivity contribution in [2.24, 2.45) is 0 Å². The van der Waals surface area contributed by atoms with Crippen LogP contribution in [0.4, 0.5) is 24.0 Å². The number of ether oxygens (including phenoxy) is 1. The first kappa shape index (κ1) is 23.8. The van der Waals surface area contributed by atoms with Gasteiger partial charge in [-0.15, -0.1) is 23.7 Å². The van der Waals surface area contributed by atoms with Crippen LogP contribution in [-0.2, 0) is 6.18 Å². The molecule has 0 spiro atoms. The number of anilines is 2. The van der Waals surface area contributed by atoms with E-state index in [0.29, 0.717) is 16.7 Å². The summed E-state index contributed by atoms with van der Waals surface area (Å²) in [5, 5.41) is 8.95. The van der Waals surface area contributed by atoms with Crippen LogP contribution in [0.3, 0.4) is 0 Å². The van der Waals surface area contributed by atoms with E-state index in [-0.39, 0.29) is 24.8 Å². The molecule has 1 saturated heterocycles. The summed E-state index contributed by atoms with van der Waals surface area (Å²) in [7, 11) is 0. The van der Waals surface area contributed by atoms with Crippen molar-refractivity contribution < 1.29 is 17.9 Å². The first-order valence-electron chi connectivity index (χ1n) is 9.74. The molecule has 3 rings (SSSR count). The largest absolute Gasteiger partial charge is 0.493 e. The Morgan fingerprint density at radius 2 is 2.14 bits per heavy atom. The second-order valence-corrected chi connectivity index (χ2v) is 7.87. The molecule has 1 aromatic carbocycles. The molecule has 0 bridgehead atoms. The second kappa shape index (κ2) is 11.0. The van der Waals surface area contributed by atoms with Gasteiger partial charge in [0.05, 0.1) is 17.9 Å². The predicted molar refractivity (Wildman–Crippen MR) is 114 cm³/mol. The van der Waals surface area contributed by atoms with Crippen LogP contribution in [-0.4, -0.2) is 24.7 Å². The Kier molecular flexibility index (Phi) is 9.04. The molecule has 2 N–H and O–H groups in total. The quantitative estimate of drug-likeness (QED) is 0.460. The molecule has 9 heteroatoms. The van der Waals surface area contributed by atoms with Crippen LogP contribution in [0.1, 0.15) is 56.2 Å². The van der Waals surface area contributed by atoms with E-state index in [1.807, 2.05) is 12.3 Å². The second-order valence-electron chi connectivity index (χ2n) is 7.01. The van der Waals surface area contributed by atoms with E-state index in [1.54, 1.807) is 6.07 Å². The van der Waals surface area contributed by atoms with E-state index < -0.39 is 11.7 Å². The number of nitrogens with zero attached hydrogens (tertiary/aromatic N) is 1. The number of hydrogen-bond donors (Lipinski definition) is 2. The Morgan fingerprint density at radius 3 is 2.83 bits per heavy atom. The first-order valence-corrected chi connectivity index (χ1v) is 10.6. The fourth-order valence-corrected chi connectivity index (χ4v) is 4.06. The Balaban J connectivity index is 0.00000300. The van der Waals surface area contributed by atoms with Crippen LogP contribution in [0.15, 0.2) is 23.6 Å². The van der Waals surface area contributed by atoms with Crippen molar-refractivity contribution in [3.63, 3.8) is 0 Å². The van der Waals surface area contributed by atoms with Crippen molar-refractivity contribution in [3.05, 3.63) is 34.8 Å². The molecule has 1 fully saturated rings. The average molecular weight is 450 g/mol. The van der Waals surface area contributed by atoms with Gasteiger partial charge in [0, 0.05) is 23.5 Å². The molecule has 1 aromatic heterocycles. The predicted octanol–water partition coefficient (Wildman–Crippen LogP) is 6.36. The highest BCUT2D eigenvalue weighted by Crippen LogP contribution is 2.39. The maximum Gasteiger partial charge on any atom is 0.420 e.